The van der Waals surface area contributed by atoms with E-state index in [1.54, 1.807) is 6.08 Å². The molecule has 1 aromatic carbocycles. The van der Waals surface area contributed by atoms with Gasteiger partial charge in [0.2, 0.25) is 0 Å². The molecule has 0 saturated carbocycles. The molecular weight excluding hydrogens is 192 g/mol. The molecule has 0 nitrogen and oxygen atoms in total. The average molecular weight is 212 g/mol. The summed E-state index contributed by atoms with van der Waals surface area (Å²) in [6, 6.07) is 8.71. The molecule has 0 N–H and O–H groups in total. The predicted octanol–water partition coefficient (Wildman–Crippen LogP) is 4.78. The van der Waals surface area contributed by atoms with Crippen molar-refractivity contribution >= 4 is 5.57 Å². The largest absolute Gasteiger partial charge is 0.0990 e. The molecule has 0 aliphatic carbocycles. The van der Waals surface area contributed by atoms with Crippen LogP contribution in [0.25, 0.3) is 5.57 Å². The summed E-state index contributed by atoms with van der Waals surface area (Å²) in [7, 11) is 0. The highest BCUT2D eigenvalue weighted by Gasteiger charge is 1.97. The summed E-state index contributed by atoms with van der Waals surface area (Å²) in [6.45, 7) is 9.74. The molecule has 16 heavy (non-hydrogen) atoms. The molecule has 0 heterocycles. The van der Waals surface area contributed by atoms with E-state index in [2.05, 4.69) is 44.3 Å². The molecule has 84 valence electrons. The van der Waals surface area contributed by atoms with E-state index in [1.165, 1.54) is 30.4 Å². The maximum Gasteiger partial charge on any atom is -0.0184 e. The van der Waals surface area contributed by atoms with Crippen molar-refractivity contribution in [2.45, 2.75) is 26.2 Å². The molecule has 1 aromatic rings. The van der Waals surface area contributed by atoms with Crippen LogP contribution in [0.15, 0.2) is 55.7 Å². The highest BCUT2D eigenvalue weighted by molar-refractivity contribution is 5.74. The molecule has 0 radical (unpaired) electrons. The molecule has 0 saturated heterocycles. The van der Waals surface area contributed by atoms with Gasteiger partial charge in [0, 0.05) is 0 Å². The summed E-state index contributed by atoms with van der Waals surface area (Å²) in [6.07, 6.45) is 9.32. The number of hydrogen-bond donors (Lipinski definition) is 0. The number of hydrogen-bond acceptors (Lipinski definition) is 0. The minimum absolute atomic E-state index is 1.12. The predicted molar refractivity (Wildman–Crippen MR) is 73.4 cm³/mol. The lowest BCUT2D eigenvalue weighted by molar-refractivity contribution is 0.795. The van der Waals surface area contributed by atoms with Gasteiger partial charge in [-0.25, -0.2) is 0 Å². The molecule has 0 aliphatic heterocycles. The molecular formula is C16H20. The minimum atomic E-state index is 1.12. The van der Waals surface area contributed by atoms with Gasteiger partial charge in [0.1, 0.15) is 0 Å². The zero-order chi connectivity index (χ0) is 11.8. The van der Waals surface area contributed by atoms with Gasteiger partial charge in [-0.2, -0.15) is 0 Å². The average Bonchev–Trinajstić information content (AvgIpc) is 2.34. The Hall–Kier alpha value is -1.56. The number of rotatable bonds is 6. The van der Waals surface area contributed by atoms with Crippen molar-refractivity contribution in [1.29, 1.82) is 0 Å². The van der Waals surface area contributed by atoms with E-state index >= 15 is 0 Å². The van der Waals surface area contributed by atoms with Crippen LogP contribution in [0.3, 0.4) is 0 Å². The lowest BCUT2D eigenvalue weighted by atomic mass is 10.0. The lowest BCUT2D eigenvalue weighted by Crippen LogP contribution is -1.86. The van der Waals surface area contributed by atoms with Crippen molar-refractivity contribution in [3.63, 3.8) is 0 Å². The monoisotopic (exact) mass is 212 g/mol. The van der Waals surface area contributed by atoms with Crippen LogP contribution in [0.1, 0.15) is 30.9 Å². The molecule has 0 fully saturated rings. The Morgan fingerprint density at radius 3 is 2.38 bits per heavy atom. The fraction of sp³-hybridized carbons (Fsp3) is 0.250. The highest BCUT2D eigenvalue weighted by atomic mass is 14.0. The Balaban J connectivity index is 2.81. The van der Waals surface area contributed by atoms with E-state index in [0.29, 0.717) is 0 Å². The molecule has 0 heteroatoms. The van der Waals surface area contributed by atoms with Crippen LogP contribution in [0, 0.1) is 0 Å². The third-order valence-electron chi connectivity index (χ3n) is 2.62. The first kappa shape index (κ1) is 12.5. The highest BCUT2D eigenvalue weighted by Crippen LogP contribution is 2.17. The van der Waals surface area contributed by atoms with Crippen molar-refractivity contribution in [2.24, 2.45) is 0 Å². The van der Waals surface area contributed by atoms with Gasteiger partial charge in [0.25, 0.3) is 0 Å². The van der Waals surface area contributed by atoms with Crippen LogP contribution in [-0.2, 0) is 6.42 Å². The Kier molecular flexibility index (Phi) is 5.35. The van der Waals surface area contributed by atoms with E-state index in [4.69, 9.17) is 0 Å². The van der Waals surface area contributed by atoms with Crippen LogP contribution in [-0.4, -0.2) is 0 Å². The Morgan fingerprint density at radius 2 is 1.88 bits per heavy atom. The second-order valence-electron chi connectivity index (χ2n) is 3.86. The summed E-state index contributed by atoms with van der Waals surface area (Å²) >= 11 is 0. The first-order chi connectivity index (χ1) is 7.81. The lowest BCUT2D eigenvalue weighted by Gasteiger charge is -2.04. The van der Waals surface area contributed by atoms with E-state index < -0.39 is 0 Å². The third kappa shape index (κ3) is 3.54. The van der Waals surface area contributed by atoms with Crippen molar-refractivity contribution in [3.8, 4) is 0 Å². The summed E-state index contributed by atoms with van der Waals surface area (Å²) in [5.41, 5.74) is 3.74. The van der Waals surface area contributed by atoms with Crippen molar-refractivity contribution in [3.05, 3.63) is 66.8 Å². The van der Waals surface area contributed by atoms with E-state index in [0.717, 1.165) is 5.57 Å². The quantitative estimate of drug-likeness (QED) is 0.595. The van der Waals surface area contributed by atoms with Crippen LogP contribution in [0.5, 0.6) is 0 Å². The van der Waals surface area contributed by atoms with Crippen molar-refractivity contribution < 1.29 is 0 Å². The number of benzene rings is 1. The summed E-state index contributed by atoms with van der Waals surface area (Å²) in [5.74, 6) is 0. The van der Waals surface area contributed by atoms with Crippen LogP contribution < -0.4 is 0 Å². The van der Waals surface area contributed by atoms with Gasteiger partial charge in [-0.1, -0.05) is 69.0 Å². The van der Waals surface area contributed by atoms with Gasteiger partial charge < -0.3 is 0 Å². The van der Waals surface area contributed by atoms with Gasteiger partial charge in [-0.3, -0.25) is 0 Å². The maximum atomic E-state index is 3.81. The fourth-order valence-electron chi connectivity index (χ4n) is 1.65. The van der Waals surface area contributed by atoms with Gasteiger partial charge in [0.15, 0.2) is 0 Å². The van der Waals surface area contributed by atoms with Gasteiger partial charge in [-0.15, -0.1) is 0 Å². The second kappa shape index (κ2) is 6.84. The first-order valence-corrected chi connectivity index (χ1v) is 5.86. The normalized spacial score (nSPS) is 11.2. The summed E-state index contributed by atoms with van der Waals surface area (Å²) in [4.78, 5) is 0. The van der Waals surface area contributed by atoms with E-state index in [9.17, 15) is 0 Å². The van der Waals surface area contributed by atoms with Crippen molar-refractivity contribution in [2.75, 3.05) is 0 Å². The van der Waals surface area contributed by atoms with Crippen LogP contribution in [0.4, 0.5) is 0 Å². The molecule has 0 atom stereocenters. The Labute approximate surface area is 99.0 Å². The number of aryl methyl sites for hydroxylation is 1. The fourth-order valence-corrected chi connectivity index (χ4v) is 1.65. The van der Waals surface area contributed by atoms with Gasteiger partial charge >= 0.3 is 0 Å². The Bertz CT molecular complexity index is 366. The van der Waals surface area contributed by atoms with Gasteiger partial charge in [-0.05, 0) is 29.5 Å². The third-order valence-corrected chi connectivity index (χ3v) is 2.62. The molecule has 0 aliphatic rings. The summed E-state index contributed by atoms with van der Waals surface area (Å²) in [5, 5.41) is 0. The molecule has 0 spiro atoms. The first-order valence-electron chi connectivity index (χ1n) is 5.86. The van der Waals surface area contributed by atoms with E-state index in [1.807, 2.05) is 12.2 Å². The molecule has 0 unspecified atom stereocenters. The molecule has 0 bridgehead atoms. The maximum absolute atomic E-state index is 3.81. The zero-order valence-electron chi connectivity index (χ0n) is 10.1. The van der Waals surface area contributed by atoms with E-state index in [-0.39, 0.29) is 0 Å². The van der Waals surface area contributed by atoms with Crippen LogP contribution >= 0.6 is 0 Å². The molecule has 0 amide bonds. The zero-order valence-corrected chi connectivity index (χ0v) is 10.1. The van der Waals surface area contributed by atoms with Gasteiger partial charge in [0.05, 0.1) is 0 Å². The second-order valence-corrected chi connectivity index (χ2v) is 3.86. The standard InChI is InChI=1S/C16H20/c1-4-7-9-14-10-12-16(13-11-14)15(6-3)8-5-2/h5-6,8,10-13H,2-4,7,9H2,1H3/b15-8+. The number of unbranched alkanes of at least 4 members (excludes halogenated alkanes) is 1. The number of allylic oxidation sites excluding steroid dienone is 4. The Morgan fingerprint density at radius 1 is 1.19 bits per heavy atom. The molecule has 1 rings (SSSR count). The van der Waals surface area contributed by atoms with Crippen molar-refractivity contribution in [1.82, 2.24) is 0 Å². The van der Waals surface area contributed by atoms with Crippen LogP contribution in [0.2, 0.25) is 0 Å². The minimum Gasteiger partial charge on any atom is -0.0990 e. The summed E-state index contributed by atoms with van der Waals surface area (Å²) < 4.78 is 0. The topological polar surface area (TPSA) is 0 Å². The smallest absolute Gasteiger partial charge is 0.0184 e. The molecule has 0 aromatic heterocycles. The SMILES string of the molecule is C=C/C=C(\C=C)c1ccc(CCCC)cc1.